The molecule has 2 aromatic carbocycles. The van der Waals surface area contributed by atoms with E-state index in [1.165, 1.54) is 6.07 Å². The van der Waals surface area contributed by atoms with Gasteiger partial charge < -0.3 is 0 Å². The zero-order valence-electron chi connectivity index (χ0n) is 8.88. The van der Waals surface area contributed by atoms with E-state index in [1.807, 2.05) is 0 Å². The Kier molecular flexibility index (Phi) is 3.39. The summed E-state index contributed by atoms with van der Waals surface area (Å²) in [5.74, 6) is -4.04. The van der Waals surface area contributed by atoms with Crippen molar-refractivity contribution in [3.63, 3.8) is 0 Å². The molecule has 1 nitrogen and oxygen atoms in total. The molecule has 0 aromatic heterocycles. The van der Waals surface area contributed by atoms with Crippen LogP contribution in [0.15, 0.2) is 36.4 Å². The predicted octanol–water partition coefficient (Wildman–Crippen LogP) is 3.99. The number of carbonyl (C=O) groups is 1. The highest BCUT2D eigenvalue weighted by Gasteiger charge is 2.21. The summed E-state index contributed by atoms with van der Waals surface area (Å²) < 4.78 is 40.2. The average molecular weight is 271 g/mol. The van der Waals surface area contributed by atoms with Gasteiger partial charge in [0.2, 0.25) is 5.78 Å². The number of benzene rings is 2. The summed E-state index contributed by atoms with van der Waals surface area (Å²) in [7, 11) is 0. The van der Waals surface area contributed by atoms with Crippen molar-refractivity contribution in [1.29, 1.82) is 0 Å². The molecule has 0 aliphatic rings. The van der Waals surface area contributed by atoms with Gasteiger partial charge >= 0.3 is 0 Å². The van der Waals surface area contributed by atoms with E-state index in [-0.39, 0.29) is 5.02 Å². The van der Waals surface area contributed by atoms with E-state index >= 15 is 0 Å². The van der Waals surface area contributed by atoms with E-state index < -0.39 is 34.4 Å². The molecule has 0 unspecified atom stereocenters. The number of hydrogen-bond donors (Lipinski definition) is 0. The zero-order chi connectivity index (χ0) is 13.3. The van der Waals surface area contributed by atoms with Gasteiger partial charge in [-0.1, -0.05) is 17.7 Å². The van der Waals surface area contributed by atoms with Gasteiger partial charge in [0.25, 0.3) is 0 Å². The molecule has 2 rings (SSSR count). The zero-order valence-corrected chi connectivity index (χ0v) is 9.64. The van der Waals surface area contributed by atoms with Gasteiger partial charge in [-0.15, -0.1) is 0 Å². The van der Waals surface area contributed by atoms with Crippen LogP contribution in [0.2, 0.25) is 5.02 Å². The minimum Gasteiger partial charge on any atom is -0.288 e. The normalized spacial score (nSPS) is 10.4. The van der Waals surface area contributed by atoms with Crippen molar-refractivity contribution < 1.29 is 18.0 Å². The first kappa shape index (κ1) is 12.6. The molecule has 0 saturated heterocycles. The fraction of sp³-hybridized carbons (Fsp3) is 0. The summed E-state index contributed by atoms with van der Waals surface area (Å²) >= 11 is 5.62. The lowest BCUT2D eigenvalue weighted by atomic mass is 10.0. The lowest BCUT2D eigenvalue weighted by Gasteiger charge is -2.05. The van der Waals surface area contributed by atoms with Gasteiger partial charge in [0, 0.05) is 5.02 Å². The Bertz CT molecular complexity index is 605. The highest BCUT2D eigenvalue weighted by Crippen LogP contribution is 2.21. The third-order valence-electron chi connectivity index (χ3n) is 2.36. The van der Waals surface area contributed by atoms with Crippen molar-refractivity contribution in [2.24, 2.45) is 0 Å². The monoisotopic (exact) mass is 270 g/mol. The van der Waals surface area contributed by atoms with E-state index in [4.69, 9.17) is 11.6 Å². The van der Waals surface area contributed by atoms with Crippen molar-refractivity contribution in [3.8, 4) is 0 Å². The maximum atomic E-state index is 13.4. The fourth-order valence-corrected chi connectivity index (χ4v) is 1.69. The number of carbonyl (C=O) groups excluding carboxylic acids is 1. The van der Waals surface area contributed by atoms with Gasteiger partial charge in [-0.3, -0.25) is 4.79 Å². The largest absolute Gasteiger partial charge is 0.288 e. The van der Waals surface area contributed by atoms with Crippen LogP contribution in [0.25, 0.3) is 0 Å². The second-order valence-corrected chi connectivity index (χ2v) is 3.99. The lowest BCUT2D eigenvalue weighted by molar-refractivity contribution is 0.102. The molecule has 18 heavy (non-hydrogen) atoms. The Morgan fingerprint density at radius 3 is 2.17 bits per heavy atom. The van der Waals surface area contributed by atoms with E-state index in [0.29, 0.717) is 0 Å². The second kappa shape index (κ2) is 4.82. The molecule has 0 bridgehead atoms. The summed E-state index contributed by atoms with van der Waals surface area (Å²) in [6, 6.07) is 6.22. The third kappa shape index (κ3) is 2.24. The number of hydrogen-bond acceptors (Lipinski definition) is 1. The molecule has 0 saturated carbocycles. The van der Waals surface area contributed by atoms with E-state index in [1.54, 1.807) is 0 Å². The summed E-state index contributed by atoms with van der Waals surface area (Å²) in [5.41, 5.74) is -1.26. The van der Waals surface area contributed by atoms with Crippen LogP contribution in [0.3, 0.4) is 0 Å². The van der Waals surface area contributed by atoms with Crippen molar-refractivity contribution in [2.75, 3.05) is 0 Å². The molecule has 0 amide bonds. The van der Waals surface area contributed by atoms with Gasteiger partial charge in [0.05, 0.1) is 11.1 Å². The van der Waals surface area contributed by atoms with Gasteiger partial charge in [0.1, 0.15) is 17.5 Å². The average Bonchev–Trinajstić information content (AvgIpc) is 2.32. The van der Waals surface area contributed by atoms with Crippen LogP contribution < -0.4 is 0 Å². The highest BCUT2D eigenvalue weighted by atomic mass is 35.5. The van der Waals surface area contributed by atoms with Gasteiger partial charge in [0.15, 0.2) is 0 Å². The van der Waals surface area contributed by atoms with Crippen molar-refractivity contribution >= 4 is 17.4 Å². The van der Waals surface area contributed by atoms with Gasteiger partial charge in [-0.05, 0) is 30.3 Å². The van der Waals surface area contributed by atoms with Crippen LogP contribution in [-0.2, 0) is 0 Å². The van der Waals surface area contributed by atoms with Crippen molar-refractivity contribution in [1.82, 2.24) is 0 Å². The smallest absolute Gasteiger partial charge is 0.201 e. The second-order valence-electron chi connectivity index (χ2n) is 3.55. The Labute approximate surface area is 106 Å². The maximum Gasteiger partial charge on any atom is 0.201 e. The Morgan fingerprint density at radius 1 is 0.944 bits per heavy atom. The molecule has 0 radical (unpaired) electrons. The molecule has 2 aromatic rings. The van der Waals surface area contributed by atoms with Crippen LogP contribution in [0, 0.1) is 17.5 Å². The molecule has 0 aliphatic carbocycles. The van der Waals surface area contributed by atoms with Crippen molar-refractivity contribution in [3.05, 3.63) is 70.0 Å². The molecule has 0 aliphatic heterocycles. The Morgan fingerprint density at radius 2 is 1.56 bits per heavy atom. The molecular weight excluding hydrogens is 265 g/mol. The molecular formula is C13H6ClF3O. The van der Waals surface area contributed by atoms with Crippen molar-refractivity contribution in [2.45, 2.75) is 0 Å². The Hall–Kier alpha value is -1.81. The lowest BCUT2D eigenvalue weighted by Crippen LogP contribution is -2.09. The summed E-state index contributed by atoms with van der Waals surface area (Å²) in [5, 5.41) is 0.108. The molecule has 5 heteroatoms. The highest BCUT2D eigenvalue weighted by molar-refractivity contribution is 6.31. The standard InChI is InChI=1S/C13H6ClF3O/c14-7-4-5-9(15)8(6-7)13(18)12-10(16)2-1-3-11(12)17/h1-6H. The molecule has 0 heterocycles. The fourth-order valence-electron chi connectivity index (χ4n) is 1.52. The van der Waals surface area contributed by atoms with E-state index in [0.717, 1.165) is 30.3 Å². The third-order valence-corrected chi connectivity index (χ3v) is 2.60. The van der Waals surface area contributed by atoms with Crippen LogP contribution in [0.5, 0.6) is 0 Å². The first-order valence-corrected chi connectivity index (χ1v) is 5.32. The molecule has 0 fully saturated rings. The minimum atomic E-state index is -1.08. The predicted molar refractivity (Wildman–Crippen MR) is 61.2 cm³/mol. The van der Waals surface area contributed by atoms with Gasteiger partial charge in [-0.25, -0.2) is 13.2 Å². The first-order chi connectivity index (χ1) is 8.50. The quantitative estimate of drug-likeness (QED) is 0.754. The topological polar surface area (TPSA) is 17.1 Å². The molecule has 0 N–H and O–H groups in total. The summed E-state index contributed by atoms with van der Waals surface area (Å²) in [6.07, 6.45) is 0. The van der Waals surface area contributed by atoms with Crippen LogP contribution >= 0.6 is 11.6 Å². The Balaban J connectivity index is 2.58. The summed E-state index contributed by atoms with van der Waals surface area (Å²) in [6.45, 7) is 0. The first-order valence-electron chi connectivity index (χ1n) is 4.94. The van der Waals surface area contributed by atoms with E-state index in [2.05, 4.69) is 0 Å². The minimum absolute atomic E-state index is 0.108. The number of ketones is 1. The SMILES string of the molecule is O=C(c1cc(Cl)ccc1F)c1c(F)cccc1F. The molecule has 0 atom stereocenters. The van der Waals surface area contributed by atoms with E-state index in [9.17, 15) is 18.0 Å². The van der Waals surface area contributed by atoms with Gasteiger partial charge in [-0.2, -0.15) is 0 Å². The summed E-state index contributed by atoms with van der Waals surface area (Å²) in [4.78, 5) is 11.9. The molecule has 92 valence electrons. The van der Waals surface area contributed by atoms with Crippen LogP contribution in [-0.4, -0.2) is 5.78 Å². The number of halogens is 4. The van der Waals surface area contributed by atoms with Crippen LogP contribution in [0.4, 0.5) is 13.2 Å². The molecule has 0 spiro atoms. The van der Waals surface area contributed by atoms with Crippen LogP contribution in [0.1, 0.15) is 15.9 Å². The maximum absolute atomic E-state index is 13.4. The number of rotatable bonds is 2.